The second-order valence-corrected chi connectivity index (χ2v) is 13.0. The monoisotopic (exact) mass is 596 g/mol. The highest BCUT2D eigenvalue weighted by molar-refractivity contribution is 8.00. The predicted octanol–water partition coefficient (Wildman–Crippen LogP) is 4.60. The van der Waals surface area contributed by atoms with Crippen molar-refractivity contribution < 1.29 is 23.5 Å². The van der Waals surface area contributed by atoms with Gasteiger partial charge >= 0.3 is 0 Å². The molecule has 4 rings (SSSR count). The number of hydrogen-bond donors (Lipinski definition) is 3. The van der Waals surface area contributed by atoms with Crippen LogP contribution in [0.15, 0.2) is 78.0 Å². The molecule has 1 saturated heterocycles. The van der Waals surface area contributed by atoms with Crippen LogP contribution in [0, 0.1) is 11.6 Å². The molecule has 0 unspecified atom stereocenters. The van der Waals surface area contributed by atoms with Crippen LogP contribution in [-0.4, -0.2) is 68.9 Å². The molecule has 1 aromatic heterocycles. The summed E-state index contributed by atoms with van der Waals surface area (Å²) >= 11 is 1.70. The summed E-state index contributed by atoms with van der Waals surface area (Å²) in [4.78, 5) is 33.6. The van der Waals surface area contributed by atoms with E-state index in [0.717, 1.165) is 29.0 Å². The number of piperidine rings is 1. The van der Waals surface area contributed by atoms with Crippen LogP contribution in [0.1, 0.15) is 49.5 Å². The van der Waals surface area contributed by atoms with E-state index in [4.69, 9.17) is 0 Å². The Morgan fingerprint density at radius 1 is 1.05 bits per heavy atom. The molecule has 0 radical (unpaired) electrons. The maximum absolute atomic E-state index is 14.4. The zero-order valence-electron chi connectivity index (χ0n) is 24.1. The molecule has 3 aromatic rings. The van der Waals surface area contributed by atoms with Crippen LogP contribution >= 0.6 is 11.8 Å². The first-order valence-corrected chi connectivity index (χ1v) is 15.0. The Kier molecular flexibility index (Phi) is 10.7. The van der Waals surface area contributed by atoms with Crippen molar-refractivity contribution in [3.05, 3.63) is 95.8 Å². The number of β-amino-alcohol motifs (C(OH)–C–C–N with tert-alkyl or cyclic N) is 1. The molecule has 7 nitrogen and oxygen atoms in total. The van der Waals surface area contributed by atoms with Gasteiger partial charge in [0.2, 0.25) is 5.91 Å². The Balaban J connectivity index is 1.54. The standard InChI is InChI=1S/C32H38F2N4O3S/c1-32(2,3)37-30(40)27-19-23(42-22-12-15-35-16-13-22)14-17-38(27)20-28(39)26(18-21-8-5-4-6-9-21)36-31(41)29-24(33)10-7-11-25(29)34/h4-13,15-16,23,26-28,39H,14,17-20H2,1-3H3,(H,36,41)(H,37,40)/t23-,26+,27+,28-/m1/s1. The summed E-state index contributed by atoms with van der Waals surface area (Å²) in [6.07, 6.45) is 3.94. The van der Waals surface area contributed by atoms with Crippen molar-refractivity contribution in [3.63, 3.8) is 0 Å². The average Bonchev–Trinajstić information content (AvgIpc) is 2.93. The number of nitrogens with zero attached hydrogens (tertiary/aromatic N) is 2. The largest absolute Gasteiger partial charge is 0.390 e. The molecule has 42 heavy (non-hydrogen) atoms. The van der Waals surface area contributed by atoms with Crippen molar-refractivity contribution in [3.8, 4) is 0 Å². The lowest BCUT2D eigenvalue weighted by Crippen LogP contribution is -2.58. The molecule has 0 spiro atoms. The van der Waals surface area contributed by atoms with Crippen molar-refractivity contribution in [1.29, 1.82) is 0 Å². The summed E-state index contributed by atoms with van der Waals surface area (Å²) in [7, 11) is 0. The lowest BCUT2D eigenvalue weighted by atomic mass is 9.96. The molecule has 0 aliphatic carbocycles. The molecule has 2 heterocycles. The van der Waals surface area contributed by atoms with E-state index in [0.29, 0.717) is 13.0 Å². The van der Waals surface area contributed by atoms with E-state index in [1.54, 1.807) is 24.2 Å². The van der Waals surface area contributed by atoms with E-state index in [-0.39, 0.29) is 24.1 Å². The minimum absolute atomic E-state index is 0.0897. The van der Waals surface area contributed by atoms with E-state index in [2.05, 4.69) is 15.6 Å². The molecule has 4 atom stereocenters. The van der Waals surface area contributed by atoms with Crippen LogP contribution in [0.2, 0.25) is 0 Å². The second kappa shape index (κ2) is 14.2. The van der Waals surface area contributed by atoms with Crippen LogP contribution in [-0.2, 0) is 11.2 Å². The van der Waals surface area contributed by atoms with Gasteiger partial charge < -0.3 is 15.7 Å². The molecule has 1 aliphatic rings. The molecule has 224 valence electrons. The first-order valence-electron chi connectivity index (χ1n) is 14.1. The van der Waals surface area contributed by atoms with Crippen LogP contribution < -0.4 is 10.6 Å². The van der Waals surface area contributed by atoms with Crippen molar-refractivity contribution in [2.75, 3.05) is 13.1 Å². The first-order chi connectivity index (χ1) is 20.0. The number of hydrogen-bond acceptors (Lipinski definition) is 6. The number of thioether (sulfide) groups is 1. The van der Waals surface area contributed by atoms with E-state index in [1.807, 2.05) is 68.1 Å². The van der Waals surface area contributed by atoms with Gasteiger partial charge in [0.05, 0.1) is 18.2 Å². The summed E-state index contributed by atoms with van der Waals surface area (Å²) in [6, 6.07) is 15.0. The van der Waals surface area contributed by atoms with Gasteiger partial charge in [0.15, 0.2) is 0 Å². The maximum atomic E-state index is 14.4. The Morgan fingerprint density at radius 2 is 1.71 bits per heavy atom. The number of aliphatic hydroxyl groups is 1. The van der Waals surface area contributed by atoms with E-state index >= 15 is 0 Å². The van der Waals surface area contributed by atoms with Crippen molar-refractivity contribution >= 4 is 23.6 Å². The number of amides is 2. The fourth-order valence-corrected chi connectivity index (χ4v) is 6.28. The van der Waals surface area contributed by atoms with Gasteiger partial charge in [0.1, 0.15) is 17.2 Å². The van der Waals surface area contributed by atoms with Crippen molar-refractivity contribution in [1.82, 2.24) is 20.5 Å². The lowest BCUT2D eigenvalue weighted by molar-refractivity contribution is -0.129. The molecular weight excluding hydrogens is 558 g/mol. The Labute approximate surface area is 250 Å². The fraction of sp³-hybridized carbons (Fsp3) is 0.406. The van der Waals surface area contributed by atoms with Gasteiger partial charge in [-0.25, -0.2) is 8.78 Å². The molecule has 2 amide bonds. The van der Waals surface area contributed by atoms with Crippen LogP contribution in [0.3, 0.4) is 0 Å². The van der Waals surface area contributed by atoms with Gasteiger partial charge in [-0.1, -0.05) is 36.4 Å². The molecule has 2 aromatic carbocycles. The van der Waals surface area contributed by atoms with Gasteiger partial charge in [-0.3, -0.25) is 19.5 Å². The molecule has 0 bridgehead atoms. The summed E-state index contributed by atoms with van der Waals surface area (Å²) in [5.41, 5.74) is -0.301. The summed E-state index contributed by atoms with van der Waals surface area (Å²) in [5, 5.41) is 17.4. The van der Waals surface area contributed by atoms with E-state index < -0.39 is 46.8 Å². The number of aliphatic hydroxyl groups excluding tert-OH is 1. The predicted molar refractivity (Wildman–Crippen MR) is 160 cm³/mol. The highest BCUT2D eigenvalue weighted by atomic mass is 32.2. The quantitative estimate of drug-likeness (QED) is 0.317. The molecule has 1 fully saturated rings. The zero-order chi connectivity index (χ0) is 30.3. The third-order valence-electron chi connectivity index (χ3n) is 7.11. The number of carbonyl (C=O) groups is 2. The summed E-state index contributed by atoms with van der Waals surface area (Å²) in [6.45, 7) is 6.40. The molecule has 10 heteroatoms. The van der Waals surface area contributed by atoms with Crippen molar-refractivity contribution in [2.24, 2.45) is 0 Å². The van der Waals surface area contributed by atoms with Crippen molar-refractivity contribution in [2.45, 2.75) is 73.9 Å². The minimum Gasteiger partial charge on any atom is -0.390 e. The summed E-state index contributed by atoms with van der Waals surface area (Å²) in [5.74, 6) is -3.03. The number of likely N-dealkylation sites (tertiary alicyclic amines) is 1. The smallest absolute Gasteiger partial charge is 0.257 e. The van der Waals surface area contributed by atoms with Crippen LogP contribution in [0.5, 0.6) is 0 Å². The summed E-state index contributed by atoms with van der Waals surface area (Å²) < 4.78 is 28.8. The lowest BCUT2D eigenvalue weighted by Gasteiger charge is -2.41. The number of aromatic nitrogens is 1. The number of nitrogens with one attached hydrogen (secondary N) is 2. The Bertz CT molecular complexity index is 1320. The van der Waals surface area contributed by atoms with Crippen LogP contribution in [0.25, 0.3) is 0 Å². The van der Waals surface area contributed by atoms with E-state index in [9.17, 15) is 23.5 Å². The van der Waals surface area contributed by atoms with E-state index in [1.165, 1.54) is 6.07 Å². The normalized spacial score (nSPS) is 19.1. The SMILES string of the molecule is CC(C)(C)NC(=O)[C@@H]1C[C@H](Sc2ccncc2)CCN1C[C@@H](O)[C@H](Cc1ccccc1)NC(=O)c1c(F)cccc1F. The van der Waals surface area contributed by atoms with Gasteiger partial charge in [-0.05, 0) is 69.9 Å². The zero-order valence-corrected chi connectivity index (χ0v) is 24.9. The topological polar surface area (TPSA) is 94.6 Å². The fourth-order valence-electron chi connectivity index (χ4n) is 5.12. The van der Waals surface area contributed by atoms with Crippen LogP contribution in [0.4, 0.5) is 8.78 Å². The number of halogens is 2. The number of rotatable bonds is 10. The minimum atomic E-state index is -1.13. The Hall–Kier alpha value is -3.34. The average molecular weight is 597 g/mol. The Morgan fingerprint density at radius 3 is 2.36 bits per heavy atom. The molecule has 3 N–H and O–H groups in total. The first kappa shape index (κ1) is 31.6. The third-order valence-corrected chi connectivity index (χ3v) is 8.42. The number of pyridine rings is 1. The highest BCUT2D eigenvalue weighted by Gasteiger charge is 2.37. The molecular formula is C32H38F2N4O3S. The molecule has 0 saturated carbocycles. The van der Waals surface area contributed by atoms with Gasteiger partial charge in [-0.15, -0.1) is 11.8 Å². The molecule has 1 aliphatic heterocycles. The second-order valence-electron chi connectivity index (χ2n) is 11.6. The highest BCUT2D eigenvalue weighted by Crippen LogP contribution is 2.33. The van der Waals surface area contributed by atoms with Gasteiger partial charge in [0, 0.05) is 41.2 Å². The maximum Gasteiger partial charge on any atom is 0.257 e. The van der Waals surface area contributed by atoms with Gasteiger partial charge in [0.25, 0.3) is 5.91 Å². The number of carbonyl (C=O) groups excluding carboxylic acids is 2. The number of benzene rings is 2. The van der Waals surface area contributed by atoms with Gasteiger partial charge in [-0.2, -0.15) is 0 Å². The third kappa shape index (κ3) is 8.83.